The number of amides is 1. The summed E-state index contributed by atoms with van der Waals surface area (Å²) in [5.74, 6) is -1.22. The van der Waals surface area contributed by atoms with Crippen LogP contribution in [0.2, 0.25) is 0 Å². The zero-order valence-corrected chi connectivity index (χ0v) is 19.9. The standard InChI is InChI=1S/C24H30N2O6S/c1-4-25(14-19-8-6-5-7-9-19)23(28)16-32-24(29)22-13-20(27)15-26(22)33(30,31)21-11-10-17(2)18(3)12-21/h5-12,20,22,27H,4,13-16H2,1-3H3/t20?,22-/m0/s1. The van der Waals surface area contributed by atoms with Crippen molar-refractivity contribution in [1.82, 2.24) is 9.21 Å². The summed E-state index contributed by atoms with van der Waals surface area (Å²) in [7, 11) is -4.03. The molecule has 1 aliphatic rings. The van der Waals surface area contributed by atoms with E-state index in [0.717, 1.165) is 21.0 Å². The fourth-order valence-corrected chi connectivity index (χ4v) is 5.49. The molecule has 2 aromatic rings. The molecule has 9 heteroatoms. The number of β-amino-alcohol motifs (C(OH)–C–C–N with tert-alkyl or cyclic N) is 1. The number of aryl methyl sites for hydroxylation is 2. The molecule has 8 nitrogen and oxygen atoms in total. The van der Waals surface area contributed by atoms with Gasteiger partial charge in [-0.05, 0) is 49.6 Å². The molecule has 1 fully saturated rings. The lowest BCUT2D eigenvalue weighted by Gasteiger charge is -2.24. The Hall–Kier alpha value is -2.75. The van der Waals surface area contributed by atoms with E-state index in [0.29, 0.717) is 13.1 Å². The average Bonchev–Trinajstić information content (AvgIpc) is 3.20. The lowest BCUT2D eigenvalue weighted by atomic mass is 10.1. The van der Waals surface area contributed by atoms with Crippen LogP contribution in [-0.2, 0) is 30.9 Å². The number of likely N-dealkylation sites (N-methyl/N-ethyl adjacent to an activating group) is 1. The second-order valence-corrected chi connectivity index (χ2v) is 10.1. The normalized spacial score (nSPS) is 18.8. The van der Waals surface area contributed by atoms with Gasteiger partial charge in [-0.3, -0.25) is 9.59 Å². The van der Waals surface area contributed by atoms with Gasteiger partial charge in [0.15, 0.2) is 6.61 Å². The highest BCUT2D eigenvalue weighted by molar-refractivity contribution is 7.89. The molecule has 2 atom stereocenters. The fourth-order valence-electron chi connectivity index (χ4n) is 3.77. The maximum atomic E-state index is 13.2. The topological polar surface area (TPSA) is 104 Å². The molecule has 1 amide bonds. The first-order valence-corrected chi connectivity index (χ1v) is 12.3. The van der Waals surface area contributed by atoms with Crippen molar-refractivity contribution in [1.29, 1.82) is 0 Å². The smallest absolute Gasteiger partial charge is 0.325 e. The van der Waals surface area contributed by atoms with Gasteiger partial charge in [0.1, 0.15) is 6.04 Å². The summed E-state index contributed by atoms with van der Waals surface area (Å²) in [4.78, 5) is 27.0. The summed E-state index contributed by atoms with van der Waals surface area (Å²) in [5, 5.41) is 10.1. The Balaban J connectivity index is 1.68. The predicted molar refractivity (Wildman–Crippen MR) is 123 cm³/mol. The van der Waals surface area contributed by atoms with Crippen molar-refractivity contribution >= 4 is 21.9 Å². The molecule has 33 heavy (non-hydrogen) atoms. The van der Waals surface area contributed by atoms with E-state index < -0.39 is 34.7 Å². The van der Waals surface area contributed by atoms with E-state index >= 15 is 0 Å². The first kappa shape index (κ1) is 24.9. The summed E-state index contributed by atoms with van der Waals surface area (Å²) in [5.41, 5.74) is 2.70. The monoisotopic (exact) mass is 474 g/mol. The third-order valence-corrected chi connectivity index (χ3v) is 7.75. The van der Waals surface area contributed by atoms with Gasteiger partial charge in [-0.15, -0.1) is 0 Å². The number of rotatable bonds is 8. The molecule has 0 aliphatic carbocycles. The Morgan fingerprint density at radius 1 is 1.12 bits per heavy atom. The summed E-state index contributed by atoms with van der Waals surface area (Å²) in [6.07, 6.45) is -1.08. The lowest BCUT2D eigenvalue weighted by molar-refractivity contribution is -0.155. The fraction of sp³-hybridized carbons (Fsp3) is 0.417. The second-order valence-electron chi connectivity index (χ2n) is 8.23. The Kier molecular flexibility index (Phi) is 7.88. The van der Waals surface area contributed by atoms with Crippen molar-refractivity contribution in [2.45, 2.75) is 50.8 Å². The quantitative estimate of drug-likeness (QED) is 0.587. The van der Waals surface area contributed by atoms with Crippen LogP contribution in [0.1, 0.15) is 30.0 Å². The lowest BCUT2D eigenvalue weighted by Crippen LogP contribution is -2.43. The van der Waals surface area contributed by atoms with E-state index in [4.69, 9.17) is 4.74 Å². The van der Waals surface area contributed by atoms with Gasteiger partial charge in [0, 0.05) is 26.1 Å². The molecule has 0 aromatic heterocycles. The number of esters is 1. The Labute approximate surface area is 194 Å². The number of hydrogen-bond donors (Lipinski definition) is 1. The number of aliphatic hydroxyl groups excluding tert-OH is 1. The number of nitrogens with zero attached hydrogens (tertiary/aromatic N) is 2. The summed E-state index contributed by atoms with van der Waals surface area (Å²) >= 11 is 0. The Bertz CT molecular complexity index is 1100. The van der Waals surface area contributed by atoms with Crippen LogP contribution < -0.4 is 0 Å². The minimum atomic E-state index is -4.03. The van der Waals surface area contributed by atoms with Crippen molar-refractivity contribution in [2.24, 2.45) is 0 Å². The van der Waals surface area contributed by atoms with Gasteiger partial charge in [-0.1, -0.05) is 36.4 Å². The molecule has 0 bridgehead atoms. The Morgan fingerprint density at radius 2 is 1.82 bits per heavy atom. The molecule has 1 N–H and O–H groups in total. The van der Waals surface area contributed by atoms with E-state index in [-0.39, 0.29) is 23.8 Å². The second kappa shape index (κ2) is 10.5. The molecule has 1 aliphatic heterocycles. The molecule has 0 saturated carbocycles. The van der Waals surface area contributed by atoms with Crippen LogP contribution in [-0.4, -0.2) is 66.4 Å². The first-order valence-electron chi connectivity index (χ1n) is 10.9. The van der Waals surface area contributed by atoms with Crippen LogP contribution in [0.5, 0.6) is 0 Å². The number of carbonyl (C=O) groups is 2. The predicted octanol–water partition coefficient (Wildman–Crippen LogP) is 2.02. The molecular weight excluding hydrogens is 444 g/mol. The number of ether oxygens (including phenoxy) is 1. The van der Waals surface area contributed by atoms with Crippen molar-refractivity contribution in [3.8, 4) is 0 Å². The van der Waals surface area contributed by atoms with Crippen LogP contribution in [0.25, 0.3) is 0 Å². The average molecular weight is 475 g/mol. The number of benzene rings is 2. The number of hydrogen-bond acceptors (Lipinski definition) is 6. The van der Waals surface area contributed by atoms with Crippen molar-refractivity contribution in [3.05, 3.63) is 65.2 Å². The molecule has 0 spiro atoms. The van der Waals surface area contributed by atoms with Gasteiger partial charge in [0.05, 0.1) is 11.0 Å². The molecule has 1 heterocycles. The van der Waals surface area contributed by atoms with E-state index in [2.05, 4.69) is 0 Å². The highest BCUT2D eigenvalue weighted by Crippen LogP contribution is 2.28. The van der Waals surface area contributed by atoms with Crippen LogP contribution in [0.3, 0.4) is 0 Å². The van der Waals surface area contributed by atoms with E-state index in [1.165, 1.54) is 6.07 Å². The molecule has 1 saturated heterocycles. The zero-order valence-electron chi connectivity index (χ0n) is 19.1. The highest BCUT2D eigenvalue weighted by Gasteiger charge is 2.44. The van der Waals surface area contributed by atoms with Crippen molar-refractivity contribution in [2.75, 3.05) is 19.7 Å². The minimum Gasteiger partial charge on any atom is -0.454 e. The van der Waals surface area contributed by atoms with Crippen LogP contribution in [0.4, 0.5) is 0 Å². The van der Waals surface area contributed by atoms with Crippen LogP contribution >= 0.6 is 0 Å². The summed E-state index contributed by atoms with van der Waals surface area (Å²) in [6.45, 7) is 5.61. The van der Waals surface area contributed by atoms with Crippen molar-refractivity contribution < 1.29 is 27.9 Å². The van der Waals surface area contributed by atoms with Crippen LogP contribution in [0.15, 0.2) is 53.4 Å². The first-order chi connectivity index (χ1) is 15.6. The van der Waals surface area contributed by atoms with Gasteiger partial charge in [0.2, 0.25) is 10.0 Å². The van der Waals surface area contributed by atoms with Gasteiger partial charge in [-0.25, -0.2) is 8.42 Å². The van der Waals surface area contributed by atoms with E-state index in [9.17, 15) is 23.1 Å². The van der Waals surface area contributed by atoms with Gasteiger partial charge < -0.3 is 14.7 Å². The number of aliphatic hydroxyl groups is 1. The highest BCUT2D eigenvalue weighted by atomic mass is 32.2. The van der Waals surface area contributed by atoms with Gasteiger partial charge >= 0.3 is 5.97 Å². The SMILES string of the molecule is CCN(Cc1ccccc1)C(=O)COC(=O)[C@@H]1CC(O)CN1S(=O)(=O)c1ccc(C)c(C)c1. The molecule has 0 radical (unpaired) electrons. The van der Waals surface area contributed by atoms with E-state index in [1.807, 2.05) is 44.2 Å². The number of sulfonamides is 1. The summed E-state index contributed by atoms with van der Waals surface area (Å²) in [6, 6.07) is 13.0. The van der Waals surface area contributed by atoms with Crippen molar-refractivity contribution in [3.63, 3.8) is 0 Å². The third kappa shape index (κ3) is 5.79. The van der Waals surface area contributed by atoms with Gasteiger partial charge in [0.25, 0.3) is 5.91 Å². The minimum absolute atomic E-state index is 0.0496. The van der Waals surface area contributed by atoms with Gasteiger partial charge in [-0.2, -0.15) is 4.31 Å². The Morgan fingerprint density at radius 3 is 2.45 bits per heavy atom. The number of carbonyl (C=O) groups excluding carboxylic acids is 2. The molecular formula is C24H30N2O6S. The van der Waals surface area contributed by atoms with Crippen LogP contribution in [0, 0.1) is 13.8 Å². The molecule has 3 rings (SSSR count). The maximum Gasteiger partial charge on any atom is 0.325 e. The maximum absolute atomic E-state index is 13.2. The molecule has 2 aromatic carbocycles. The molecule has 178 valence electrons. The summed E-state index contributed by atoms with van der Waals surface area (Å²) < 4.78 is 32.6. The van der Waals surface area contributed by atoms with E-state index in [1.54, 1.807) is 24.0 Å². The largest absolute Gasteiger partial charge is 0.454 e. The zero-order chi connectivity index (χ0) is 24.2. The molecule has 1 unspecified atom stereocenters. The third-order valence-electron chi connectivity index (χ3n) is 5.88.